The summed E-state index contributed by atoms with van der Waals surface area (Å²) in [5, 5.41) is 15.3. The normalized spacial score (nSPS) is 13.2. The number of rotatable bonds is 4. The van der Waals surface area contributed by atoms with Crippen molar-refractivity contribution in [1.82, 2.24) is 9.88 Å². The van der Waals surface area contributed by atoms with Crippen LogP contribution in [0.25, 0.3) is 20.8 Å². The van der Waals surface area contributed by atoms with Crippen molar-refractivity contribution >= 4 is 66.0 Å². The fourth-order valence-corrected chi connectivity index (χ4v) is 6.76. The maximum absolute atomic E-state index is 12.9. The van der Waals surface area contributed by atoms with Gasteiger partial charge in [-0.3, -0.25) is 19.7 Å². The van der Waals surface area contributed by atoms with Crippen LogP contribution in [0.15, 0.2) is 36.4 Å². The van der Waals surface area contributed by atoms with Crippen molar-refractivity contribution in [3.05, 3.63) is 61.8 Å². The van der Waals surface area contributed by atoms with Gasteiger partial charge in [-0.1, -0.05) is 23.5 Å². The molecule has 1 aliphatic heterocycles. The summed E-state index contributed by atoms with van der Waals surface area (Å²) in [5.74, 6) is -0.380. The zero-order chi connectivity index (χ0) is 22.4. The molecule has 2 amide bonds. The number of para-hydroxylation sites is 1. The van der Waals surface area contributed by atoms with Gasteiger partial charge in [0.15, 0.2) is 0 Å². The summed E-state index contributed by atoms with van der Waals surface area (Å²) in [6.07, 6.45) is 0.678. The van der Waals surface area contributed by atoms with Gasteiger partial charge in [0.2, 0.25) is 5.91 Å². The molecule has 3 aromatic heterocycles. The van der Waals surface area contributed by atoms with Gasteiger partial charge in [-0.05, 0) is 30.2 Å². The molecule has 0 atom stereocenters. The highest BCUT2D eigenvalue weighted by atomic mass is 32.1. The molecule has 0 saturated carbocycles. The number of carbonyl (C=O) groups excluding carboxylic acids is 2. The molecule has 0 bridgehead atoms. The molecule has 0 radical (unpaired) electrons. The summed E-state index contributed by atoms with van der Waals surface area (Å²) in [6, 6.07) is 10.7. The van der Waals surface area contributed by atoms with Gasteiger partial charge in [0.25, 0.3) is 5.91 Å². The first-order chi connectivity index (χ1) is 15.4. The second-order valence-corrected chi connectivity index (χ2v) is 10.4. The third kappa shape index (κ3) is 3.68. The number of amides is 2. The highest BCUT2D eigenvalue weighted by Crippen LogP contribution is 2.46. The Labute approximate surface area is 194 Å². The van der Waals surface area contributed by atoms with Gasteiger partial charge in [-0.25, -0.2) is 4.98 Å². The third-order valence-electron chi connectivity index (χ3n) is 5.23. The van der Waals surface area contributed by atoms with E-state index in [9.17, 15) is 19.7 Å². The Morgan fingerprint density at radius 1 is 1.16 bits per heavy atom. The summed E-state index contributed by atoms with van der Waals surface area (Å²) in [7, 11) is 0. The van der Waals surface area contributed by atoms with Gasteiger partial charge in [-0.15, -0.1) is 22.7 Å². The van der Waals surface area contributed by atoms with Gasteiger partial charge < -0.3 is 10.2 Å². The molecule has 1 N–H and O–H groups in total. The second-order valence-electron chi connectivity index (χ2n) is 7.23. The highest BCUT2D eigenvalue weighted by molar-refractivity contribution is 7.23. The Morgan fingerprint density at radius 3 is 2.69 bits per heavy atom. The van der Waals surface area contributed by atoms with Crippen molar-refractivity contribution in [2.24, 2.45) is 0 Å². The smallest absolute Gasteiger partial charge is 0.324 e. The molecular weight excluding hydrogens is 468 g/mol. The number of nitro groups is 1. The number of nitrogens with one attached hydrogen (secondary N) is 1. The van der Waals surface area contributed by atoms with E-state index in [4.69, 9.17) is 4.98 Å². The Balaban J connectivity index is 1.57. The quantitative estimate of drug-likeness (QED) is 0.318. The van der Waals surface area contributed by atoms with E-state index < -0.39 is 10.8 Å². The largest absolute Gasteiger partial charge is 0.337 e. The van der Waals surface area contributed by atoms with Gasteiger partial charge in [0.1, 0.15) is 10.0 Å². The zero-order valence-corrected chi connectivity index (χ0v) is 19.2. The van der Waals surface area contributed by atoms with E-state index in [1.807, 2.05) is 24.3 Å². The highest BCUT2D eigenvalue weighted by Gasteiger charge is 2.29. The van der Waals surface area contributed by atoms with E-state index in [2.05, 4.69) is 5.32 Å². The third-order valence-corrected chi connectivity index (χ3v) is 8.45. The summed E-state index contributed by atoms with van der Waals surface area (Å²) >= 11 is 3.83. The van der Waals surface area contributed by atoms with E-state index in [0.717, 1.165) is 42.6 Å². The number of thiophene rings is 2. The minimum Gasteiger partial charge on any atom is -0.337 e. The first kappa shape index (κ1) is 20.7. The van der Waals surface area contributed by atoms with Crippen LogP contribution in [0.4, 0.5) is 10.0 Å². The van der Waals surface area contributed by atoms with Crippen LogP contribution in [0, 0.1) is 10.1 Å². The molecule has 4 aromatic rings. The number of benzene rings is 1. The Bertz CT molecular complexity index is 1350. The zero-order valence-electron chi connectivity index (χ0n) is 16.8. The fraction of sp³-hybridized carbons (Fsp3) is 0.190. The summed E-state index contributed by atoms with van der Waals surface area (Å²) in [4.78, 5) is 43.1. The van der Waals surface area contributed by atoms with Crippen molar-refractivity contribution in [3.63, 3.8) is 0 Å². The molecular formula is C21H16N4O4S3. The molecule has 162 valence electrons. The summed E-state index contributed by atoms with van der Waals surface area (Å²) in [6.45, 7) is 2.66. The SMILES string of the molecule is CC(=O)N1CCc2c(sc(NC(=O)c3ccc([N+](=O)[O-])s3)c2-c2nc3ccccc3s2)C1. The average Bonchev–Trinajstić information content (AvgIpc) is 3.48. The molecule has 11 heteroatoms. The number of hydrogen-bond acceptors (Lipinski definition) is 8. The Hall–Kier alpha value is -3.15. The molecule has 0 spiro atoms. The van der Waals surface area contributed by atoms with Crippen LogP contribution in [0.3, 0.4) is 0 Å². The van der Waals surface area contributed by atoms with Crippen molar-refractivity contribution in [2.75, 3.05) is 11.9 Å². The van der Waals surface area contributed by atoms with Crippen molar-refractivity contribution < 1.29 is 14.5 Å². The van der Waals surface area contributed by atoms with Crippen LogP contribution in [-0.4, -0.2) is 33.2 Å². The van der Waals surface area contributed by atoms with E-state index in [0.29, 0.717) is 24.5 Å². The van der Waals surface area contributed by atoms with Crippen LogP contribution in [-0.2, 0) is 17.8 Å². The lowest BCUT2D eigenvalue weighted by Gasteiger charge is -2.25. The summed E-state index contributed by atoms with van der Waals surface area (Å²) in [5.41, 5.74) is 2.87. The van der Waals surface area contributed by atoms with Crippen molar-refractivity contribution in [2.45, 2.75) is 19.9 Å². The molecule has 0 unspecified atom stereocenters. The second kappa shape index (κ2) is 8.08. The number of fused-ring (bicyclic) bond motifs is 2. The number of thiazole rings is 1. The maximum Gasteiger partial charge on any atom is 0.324 e. The van der Waals surface area contributed by atoms with E-state index in [-0.39, 0.29) is 15.8 Å². The maximum atomic E-state index is 12.9. The van der Waals surface area contributed by atoms with Crippen molar-refractivity contribution in [3.8, 4) is 10.6 Å². The standard InChI is InChI=1S/C21H16N4O4S3/c1-11(26)24-9-8-12-16(10-24)32-21(23-19(27)15-6-7-17(30-15)25(28)29)18(12)20-22-13-4-2-3-5-14(13)31-20/h2-7H,8-10H2,1H3,(H,23,27). The minimum atomic E-state index is -0.506. The van der Waals surface area contributed by atoms with Gasteiger partial charge in [0.05, 0.1) is 26.6 Å². The molecule has 0 aliphatic carbocycles. The molecule has 1 aliphatic rings. The first-order valence-corrected chi connectivity index (χ1v) is 12.2. The van der Waals surface area contributed by atoms with Crippen LogP contribution in [0.5, 0.6) is 0 Å². The van der Waals surface area contributed by atoms with Crippen LogP contribution in [0.1, 0.15) is 27.0 Å². The number of aromatic nitrogens is 1. The molecule has 4 heterocycles. The topological polar surface area (TPSA) is 105 Å². The minimum absolute atomic E-state index is 0.0158. The van der Waals surface area contributed by atoms with E-state index >= 15 is 0 Å². The molecule has 5 rings (SSSR count). The average molecular weight is 485 g/mol. The molecule has 0 saturated heterocycles. The fourth-order valence-electron chi connectivity index (χ4n) is 3.68. The summed E-state index contributed by atoms with van der Waals surface area (Å²) < 4.78 is 1.05. The van der Waals surface area contributed by atoms with E-state index in [1.54, 1.807) is 23.2 Å². The van der Waals surface area contributed by atoms with Gasteiger partial charge in [-0.2, -0.15) is 0 Å². The monoisotopic (exact) mass is 484 g/mol. The lowest BCUT2D eigenvalue weighted by atomic mass is 10.0. The number of nitrogens with zero attached hydrogens (tertiary/aromatic N) is 3. The lowest BCUT2D eigenvalue weighted by Crippen LogP contribution is -2.33. The predicted molar refractivity (Wildman–Crippen MR) is 127 cm³/mol. The molecule has 0 fully saturated rings. The molecule has 1 aromatic carbocycles. The Morgan fingerprint density at radius 2 is 1.97 bits per heavy atom. The molecule has 32 heavy (non-hydrogen) atoms. The number of hydrogen-bond donors (Lipinski definition) is 1. The number of carbonyl (C=O) groups is 2. The van der Waals surface area contributed by atoms with Crippen LogP contribution >= 0.6 is 34.0 Å². The van der Waals surface area contributed by atoms with E-state index in [1.165, 1.54) is 23.5 Å². The van der Waals surface area contributed by atoms with Crippen molar-refractivity contribution in [1.29, 1.82) is 0 Å². The first-order valence-electron chi connectivity index (χ1n) is 9.72. The van der Waals surface area contributed by atoms with Gasteiger partial charge >= 0.3 is 5.00 Å². The number of anilines is 1. The van der Waals surface area contributed by atoms with Gasteiger partial charge in [0, 0.05) is 30.0 Å². The lowest BCUT2D eigenvalue weighted by molar-refractivity contribution is -0.380. The van der Waals surface area contributed by atoms with Crippen LogP contribution < -0.4 is 5.32 Å². The van der Waals surface area contributed by atoms with Crippen LogP contribution in [0.2, 0.25) is 0 Å². The predicted octanol–water partition coefficient (Wildman–Crippen LogP) is 5.15. The molecule has 8 nitrogen and oxygen atoms in total. The Kier molecular flexibility index (Phi) is 5.24.